The summed E-state index contributed by atoms with van der Waals surface area (Å²) in [5, 5.41) is 13.6. The van der Waals surface area contributed by atoms with Crippen molar-refractivity contribution in [2.75, 3.05) is 5.32 Å². The van der Waals surface area contributed by atoms with Crippen LogP contribution in [0.2, 0.25) is 0 Å². The van der Waals surface area contributed by atoms with Crippen LogP contribution in [0.1, 0.15) is 19.4 Å². The van der Waals surface area contributed by atoms with Gasteiger partial charge in [-0.05, 0) is 24.5 Å². The summed E-state index contributed by atoms with van der Waals surface area (Å²) in [5.41, 5.74) is 0.611. The highest BCUT2D eigenvalue weighted by molar-refractivity contribution is 5.93. The molecule has 0 spiro atoms. The van der Waals surface area contributed by atoms with Gasteiger partial charge in [-0.15, -0.1) is 0 Å². The van der Waals surface area contributed by atoms with E-state index in [-0.39, 0.29) is 11.6 Å². The van der Waals surface area contributed by atoms with Gasteiger partial charge in [0.2, 0.25) is 0 Å². The number of hydrogen-bond acceptors (Lipinski definition) is 2. The Balaban J connectivity index is 2.78. The van der Waals surface area contributed by atoms with E-state index in [0.717, 1.165) is 0 Å². The number of carboxylic acid groups (broad SMARTS) is 1. The number of aliphatic carboxylic acids is 1. The monoisotopic (exact) mass is 268 g/mol. The van der Waals surface area contributed by atoms with E-state index in [2.05, 4.69) is 10.6 Å². The molecule has 0 aliphatic heterocycles. The molecule has 1 aromatic rings. The number of urea groups is 1. The Labute approximate surface area is 110 Å². The lowest BCUT2D eigenvalue weighted by atomic mass is 10.1. The van der Waals surface area contributed by atoms with Crippen LogP contribution < -0.4 is 10.6 Å². The van der Waals surface area contributed by atoms with Gasteiger partial charge in [-0.2, -0.15) is 0 Å². The van der Waals surface area contributed by atoms with Crippen molar-refractivity contribution in [1.29, 1.82) is 0 Å². The number of carbonyl (C=O) groups is 2. The summed E-state index contributed by atoms with van der Waals surface area (Å²) in [5.74, 6) is -1.97. The fraction of sp³-hybridized carbons (Fsp3) is 0.385. The summed E-state index contributed by atoms with van der Waals surface area (Å²) in [6.07, 6.45) is 0. The van der Waals surface area contributed by atoms with E-state index in [1.165, 1.54) is 12.1 Å². The fourth-order valence-electron chi connectivity index (χ4n) is 1.59. The molecule has 2 amide bonds. The number of carboxylic acids is 1. The van der Waals surface area contributed by atoms with E-state index >= 15 is 0 Å². The highest BCUT2D eigenvalue weighted by Crippen LogP contribution is 2.18. The highest BCUT2D eigenvalue weighted by atomic mass is 19.1. The summed E-state index contributed by atoms with van der Waals surface area (Å²) in [6.45, 7) is 5.00. The molecule has 3 N–H and O–H groups in total. The van der Waals surface area contributed by atoms with Gasteiger partial charge >= 0.3 is 12.0 Å². The third-order valence-corrected chi connectivity index (χ3v) is 2.68. The van der Waals surface area contributed by atoms with Crippen LogP contribution in [-0.2, 0) is 4.79 Å². The van der Waals surface area contributed by atoms with Crippen molar-refractivity contribution in [1.82, 2.24) is 5.32 Å². The molecule has 1 rings (SSSR count). The molecule has 0 saturated carbocycles. The summed E-state index contributed by atoms with van der Waals surface area (Å²) < 4.78 is 13.5. The lowest BCUT2D eigenvalue weighted by molar-refractivity contribution is -0.140. The van der Waals surface area contributed by atoms with Gasteiger partial charge in [-0.25, -0.2) is 14.0 Å². The van der Waals surface area contributed by atoms with Crippen molar-refractivity contribution >= 4 is 17.7 Å². The van der Waals surface area contributed by atoms with Crippen molar-refractivity contribution in [3.05, 3.63) is 29.6 Å². The predicted octanol–water partition coefficient (Wildman–Crippen LogP) is 2.36. The molecular weight excluding hydrogens is 251 g/mol. The van der Waals surface area contributed by atoms with E-state index in [9.17, 15) is 14.0 Å². The number of para-hydroxylation sites is 1. The average molecular weight is 268 g/mol. The maximum absolute atomic E-state index is 13.5. The molecule has 1 atom stereocenters. The lowest BCUT2D eigenvalue weighted by Crippen LogP contribution is -2.46. The van der Waals surface area contributed by atoms with Gasteiger partial charge in [-0.3, -0.25) is 0 Å². The van der Waals surface area contributed by atoms with Gasteiger partial charge in [0.15, 0.2) is 0 Å². The van der Waals surface area contributed by atoms with Gasteiger partial charge in [0, 0.05) is 0 Å². The number of nitrogens with one attached hydrogen (secondary N) is 2. The number of amides is 2. The first kappa shape index (κ1) is 14.9. The minimum absolute atomic E-state index is 0.0490. The van der Waals surface area contributed by atoms with Crippen molar-refractivity contribution < 1.29 is 19.1 Å². The molecule has 0 unspecified atom stereocenters. The van der Waals surface area contributed by atoms with Crippen LogP contribution >= 0.6 is 0 Å². The van der Waals surface area contributed by atoms with Gasteiger partial charge in [-0.1, -0.05) is 26.0 Å². The number of benzene rings is 1. The molecule has 0 radical (unpaired) electrons. The molecule has 0 aromatic heterocycles. The Morgan fingerprint density at radius 1 is 1.32 bits per heavy atom. The zero-order valence-electron chi connectivity index (χ0n) is 11.0. The molecule has 0 aliphatic carbocycles. The van der Waals surface area contributed by atoms with Gasteiger partial charge in [0.05, 0.1) is 5.69 Å². The van der Waals surface area contributed by atoms with Crippen molar-refractivity contribution in [3.63, 3.8) is 0 Å². The minimum atomic E-state index is -1.13. The van der Waals surface area contributed by atoms with Crippen LogP contribution in [0.3, 0.4) is 0 Å². The standard InChI is InChI=1S/C13H17FN2O3/c1-7(2)10(12(17)18)15-13(19)16-11-8(3)5-4-6-9(11)14/h4-7,10H,1-3H3,(H,17,18)(H2,15,16,19)/t10-/m0/s1. The summed E-state index contributed by atoms with van der Waals surface area (Å²) >= 11 is 0. The molecule has 0 bridgehead atoms. The van der Waals surface area contributed by atoms with E-state index in [4.69, 9.17) is 5.11 Å². The Morgan fingerprint density at radius 3 is 2.42 bits per heavy atom. The van der Waals surface area contributed by atoms with Crippen LogP contribution in [0.25, 0.3) is 0 Å². The number of halogens is 1. The van der Waals surface area contributed by atoms with Gasteiger partial charge < -0.3 is 15.7 Å². The molecule has 19 heavy (non-hydrogen) atoms. The van der Waals surface area contributed by atoms with Crippen LogP contribution in [0.5, 0.6) is 0 Å². The fourth-order valence-corrected chi connectivity index (χ4v) is 1.59. The quantitative estimate of drug-likeness (QED) is 0.784. The maximum atomic E-state index is 13.5. The van der Waals surface area contributed by atoms with Crippen LogP contribution in [0.4, 0.5) is 14.9 Å². The Hall–Kier alpha value is -2.11. The smallest absolute Gasteiger partial charge is 0.326 e. The Kier molecular flexibility index (Phi) is 4.86. The highest BCUT2D eigenvalue weighted by Gasteiger charge is 2.23. The summed E-state index contributed by atoms with van der Waals surface area (Å²) in [6, 6.07) is 2.64. The SMILES string of the molecule is Cc1cccc(F)c1NC(=O)N[C@H](C(=O)O)C(C)C. The first-order valence-electron chi connectivity index (χ1n) is 5.88. The summed E-state index contributed by atoms with van der Waals surface area (Å²) in [4.78, 5) is 22.6. The topological polar surface area (TPSA) is 78.4 Å². The molecule has 5 nitrogen and oxygen atoms in total. The minimum Gasteiger partial charge on any atom is -0.480 e. The lowest BCUT2D eigenvalue weighted by Gasteiger charge is -2.18. The normalized spacial score (nSPS) is 12.1. The van der Waals surface area contributed by atoms with Crippen LogP contribution in [-0.4, -0.2) is 23.1 Å². The first-order valence-corrected chi connectivity index (χ1v) is 5.88. The second-order valence-electron chi connectivity index (χ2n) is 4.59. The molecule has 0 aliphatic rings. The van der Waals surface area contributed by atoms with E-state index in [1.54, 1.807) is 26.8 Å². The molecular formula is C13H17FN2O3. The van der Waals surface area contributed by atoms with Crippen molar-refractivity contribution in [3.8, 4) is 0 Å². The molecule has 0 heterocycles. The van der Waals surface area contributed by atoms with Crippen LogP contribution in [0.15, 0.2) is 18.2 Å². The zero-order chi connectivity index (χ0) is 14.6. The van der Waals surface area contributed by atoms with Gasteiger partial charge in [0.1, 0.15) is 11.9 Å². The number of anilines is 1. The zero-order valence-corrected chi connectivity index (χ0v) is 11.0. The number of rotatable bonds is 4. The number of carbonyl (C=O) groups excluding carboxylic acids is 1. The molecule has 0 saturated heterocycles. The second kappa shape index (κ2) is 6.17. The van der Waals surface area contributed by atoms with Crippen molar-refractivity contribution in [2.24, 2.45) is 5.92 Å². The first-order chi connectivity index (χ1) is 8.82. The average Bonchev–Trinajstić information content (AvgIpc) is 2.30. The molecule has 104 valence electrons. The molecule has 6 heteroatoms. The molecule has 1 aromatic carbocycles. The van der Waals surface area contributed by atoms with E-state index in [1.807, 2.05) is 0 Å². The largest absolute Gasteiger partial charge is 0.480 e. The summed E-state index contributed by atoms with van der Waals surface area (Å²) in [7, 11) is 0. The maximum Gasteiger partial charge on any atom is 0.326 e. The van der Waals surface area contributed by atoms with Crippen LogP contribution in [0, 0.1) is 18.7 Å². The third kappa shape index (κ3) is 3.94. The Morgan fingerprint density at radius 2 is 1.95 bits per heavy atom. The van der Waals surface area contributed by atoms with Crippen molar-refractivity contribution in [2.45, 2.75) is 26.8 Å². The van der Waals surface area contributed by atoms with E-state index < -0.39 is 23.9 Å². The van der Waals surface area contributed by atoms with Gasteiger partial charge in [0.25, 0.3) is 0 Å². The number of aryl methyl sites for hydroxylation is 1. The van der Waals surface area contributed by atoms with E-state index in [0.29, 0.717) is 5.56 Å². The third-order valence-electron chi connectivity index (χ3n) is 2.68. The molecule has 0 fully saturated rings. The second-order valence-corrected chi connectivity index (χ2v) is 4.59. The predicted molar refractivity (Wildman–Crippen MR) is 69.6 cm³/mol. The Bertz CT molecular complexity index is 469. The number of hydrogen-bond donors (Lipinski definition) is 3.